The van der Waals surface area contributed by atoms with E-state index in [1.165, 1.54) is 5.56 Å². The van der Waals surface area contributed by atoms with Crippen molar-refractivity contribution in [3.8, 4) is 0 Å². The van der Waals surface area contributed by atoms with E-state index in [9.17, 15) is 19.8 Å². The fraction of sp³-hybridized carbons (Fsp3) is 0.667. The zero-order chi connectivity index (χ0) is 22.1. The third-order valence-corrected chi connectivity index (χ3v) is 4.63. The monoisotopic (exact) mass is 423 g/mol. The van der Waals surface area contributed by atoms with Crippen LogP contribution in [0.4, 0.5) is 10.6 Å². The second-order valence-corrected chi connectivity index (χ2v) is 8.36. The van der Waals surface area contributed by atoms with Gasteiger partial charge in [0.25, 0.3) is 0 Å². The van der Waals surface area contributed by atoms with E-state index in [-0.39, 0.29) is 19.6 Å². The number of hydrogen-bond acceptors (Lipinski definition) is 8. The summed E-state index contributed by atoms with van der Waals surface area (Å²) in [6.45, 7) is 5.89. The quantitative estimate of drug-likeness (QED) is 0.296. The van der Waals surface area contributed by atoms with Crippen LogP contribution in [0.1, 0.15) is 57.7 Å². The number of hydrogen-bond donors (Lipinski definition) is 3. The molecule has 0 aromatic carbocycles. The Hall–Kier alpha value is -2.39. The Bertz CT molecular complexity index is 719. The average molecular weight is 424 g/mol. The molecule has 9 heteroatoms. The Balaban J connectivity index is 1.92. The Labute approximate surface area is 177 Å². The van der Waals surface area contributed by atoms with Crippen molar-refractivity contribution in [1.82, 2.24) is 10.0 Å². The van der Waals surface area contributed by atoms with Crippen molar-refractivity contribution in [2.24, 2.45) is 0 Å². The number of aromatic nitrogens is 1. The summed E-state index contributed by atoms with van der Waals surface area (Å²) in [5.41, 5.74) is 1.44. The first-order valence-electron chi connectivity index (χ1n) is 10.4. The van der Waals surface area contributed by atoms with Gasteiger partial charge in [0.2, 0.25) is 0 Å². The molecule has 2 heterocycles. The highest BCUT2D eigenvalue weighted by molar-refractivity contribution is 5.73. The molecule has 0 bridgehead atoms. The molecule has 0 aliphatic carbocycles. The number of aliphatic hydroxyl groups excluding tert-OH is 1. The van der Waals surface area contributed by atoms with E-state index in [2.05, 4.69) is 16.4 Å². The Morgan fingerprint density at radius 1 is 1.30 bits per heavy atom. The van der Waals surface area contributed by atoms with Gasteiger partial charge in [-0.2, -0.15) is 0 Å². The minimum Gasteiger partial charge on any atom is -0.480 e. The molecule has 0 saturated carbocycles. The van der Waals surface area contributed by atoms with Crippen LogP contribution >= 0.6 is 0 Å². The summed E-state index contributed by atoms with van der Waals surface area (Å²) in [7, 11) is 0. The summed E-state index contributed by atoms with van der Waals surface area (Å²) in [5, 5.41) is 23.1. The molecule has 0 unspecified atom stereocenters. The summed E-state index contributed by atoms with van der Waals surface area (Å²) < 4.78 is 5.13. The van der Waals surface area contributed by atoms with Crippen LogP contribution < -0.4 is 5.32 Å². The van der Waals surface area contributed by atoms with Crippen LogP contribution in [0.2, 0.25) is 0 Å². The number of carboxylic acids is 1. The van der Waals surface area contributed by atoms with Gasteiger partial charge < -0.3 is 25.1 Å². The molecule has 3 N–H and O–H groups in total. The van der Waals surface area contributed by atoms with Crippen molar-refractivity contribution < 1.29 is 29.4 Å². The van der Waals surface area contributed by atoms with Crippen LogP contribution in [0.15, 0.2) is 12.1 Å². The predicted molar refractivity (Wildman–Crippen MR) is 111 cm³/mol. The maximum absolute atomic E-state index is 12.0. The zero-order valence-corrected chi connectivity index (χ0v) is 18.0. The highest BCUT2D eigenvalue weighted by Crippen LogP contribution is 2.20. The molecule has 30 heavy (non-hydrogen) atoms. The number of nitrogens with zero attached hydrogens (tertiary/aromatic N) is 2. The second kappa shape index (κ2) is 11.1. The van der Waals surface area contributed by atoms with E-state index < -0.39 is 23.8 Å². The van der Waals surface area contributed by atoms with Crippen molar-refractivity contribution in [2.45, 2.75) is 70.9 Å². The SMILES string of the molecule is CC(C)(C)OC(=O)ON(CCCCc1ccc2c(n1)NCCC2)[C@H](CCO)C(=O)O. The number of pyridine rings is 1. The molecular formula is C21H33N3O6. The van der Waals surface area contributed by atoms with E-state index >= 15 is 0 Å². The van der Waals surface area contributed by atoms with Crippen LogP contribution in [0.5, 0.6) is 0 Å². The molecule has 0 saturated heterocycles. The normalized spacial score (nSPS) is 14.6. The van der Waals surface area contributed by atoms with Gasteiger partial charge in [0, 0.05) is 25.4 Å². The molecule has 168 valence electrons. The minimum absolute atomic E-state index is 0.0593. The molecule has 2 rings (SSSR count). The molecule has 0 spiro atoms. The summed E-state index contributed by atoms with van der Waals surface area (Å²) in [4.78, 5) is 33.5. The number of unbranched alkanes of at least 4 members (excludes halogenated alkanes) is 1. The lowest BCUT2D eigenvalue weighted by Crippen LogP contribution is -2.44. The van der Waals surface area contributed by atoms with Gasteiger partial charge in [-0.1, -0.05) is 6.07 Å². The van der Waals surface area contributed by atoms with Crippen molar-refractivity contribution in [1.29, 1.82) is 0 Å². The molecular weight excluding hydrogens is 390 g/mol. The second-order valence-electron chi connectivity index (χ2n) is 8.36. The molecule has 0 amide bonds. The third kappa shape index (κ3) is 7.79. The number of aliphatic carboxylic acids is 1. The van der Waals surface area contributed by atoms with Crippen LogP contribution in [0.25, 0.3) is 0 Å². The first kappa shape index (κ1) is 23.9. The molecule has 1 aliphatic rings. The maximum atomic E-state index is 12.0. The van der Waals surface area contributed by atoms with Crippen molar-refractivity contribution in [3.63, 3.8) is 0 Å². The number of ether oxygens (including phenoxy) is 1. The highest BCUT2D eigenvalue weighted by atomic mass is 16.8. The predicted octanol–water partition coefficient (Wildman–Crippen LogP) is 2.77. The van der Waals surface area contributed by atoms with Crippen LogP contribution in [-0.4, -0.2) is 63.7 Å². The van der Waals surface area contributed by atoms with Gasteiger partial charge in [-0.3, -0.25) is 4.79 Å². The van der Waals surface area contributed by atoms with Crippen molar-refractivity contribution in [2.75, 3.05) is 25.0 Å². The van der Waals surface area contributed by atoms with E-state index in [0.717, 1.165) is 48.8 Å². The van der Waals surface area contributed by atoms with E-state index in [1.807, 2.05) is 6.07 Å². The number of aliphatic hydroxyl groups is 1. The average Bonchev–Trinajstić information content (AvgIpc) is 2.66. The van der Waals surface area contributed by atoms with E-state index in [0.29, 0.717) is 6.42 Å². The summed E-state index contributed by atoms with van der Waals surface area (Å²) in [6.07, 6.45) is 3.18. The van der Waals surface area contributed by atoms with Crippen molar-refractivity contribution in [3.05, 3.63) is 23.4 Å². The first-order chi connectivity index (χ1) is 14.2. The van der Waals surface area contributed by atoms with E-state index in [4.69, 9.17) is 9.57 Å². The lowest BCUT2D eigenvalue weighted by Gasteiger charge is -2.28. The zero-order valence-electron chi connectivity index (χ0n) is 18.0. The number of carboxylic acid groups (broad SMARTS) is 1. The van der Waals surface area contributed by atoms with Crippen LogP contribution in [-0.2, 0) is 27.2 Å². The molecule has 1 aliphatic heterocycles. The van der Waals surface area contributed by atoms with Crippen LogP contribution in [0.3, 0.4) is 0 Å². The third-order valence-electron chi connectivity index (χ3n) is 4.63. The first-order valence-corrected chi connectivity index (χ1v) is 10.4. The number of carbonyl (C=O) groups is 2. The standard InChI is InChI=1S/C21H33N3O6/c1-21(2,3)29-20(28)30-24(17(11-14-25)19(26)27)13-5-4-8-16-10-9-15-7-6-12-22-18(15)23-16/h9-10,17,25H,4-8,11-14H2,1-3H3,(H,22,23)(H,26,27)/t17-/m1/s1. The van der Waals surface area contributed by atoms with Gasteiger partial charge >= 0.3 is 12.1 Å². The number of aryl methyl sites for hydroxylation is 2. The minimum atomic E-state index is -1.17. The molecule has 1 aromatic rings. The number of hydroxylamine groups is 2. The van der Waals surface area contributed by atoms with Gasteiger partial charge in [0.1, 0.15) is 17.5 Å². The Morgan fingerprint density at radius 2 is 2.07 bits per heavy atom. The van der Waals surface area contributed by atoms with Gasteiger partial charge in [0.05, 0.1) is 0 Å². The maximum Gasteiger partial charge on any atom is 0.528 e. The summed E-state index contributed by atoms with van der Waals surface area (Å²) >= 11 is 0. The summed E-state index contributed by atoms with van der Waals surface area (Å²) in [6, 6.07) is 2.98. The van der Waals surface area contributed by atoms with Gasteiger partial charge in [-0.05, 0) is 70.9 Å². The Morgan fingerprint density at radius 3 is 2.73 bits per heavy atom. The lowest BCUT2D eigenvalue weighted by molar-refractivity contribution is -0.186. The fourth-order valence-electron chi connectivity index (χ4n) is 3.22. The number of fused-ring (bicyclic) bond motifs is 1. The number of rotatable bonds is 10. The van der Waals surface area contributed by atoms with Crippen molar-refractivity contribution >= 4 is 17.9 Å². The Kier molecular flexibility index (Phi) is 8.86. The van der Waals surface area contributed by atoms with E-state index in [1.54, 1.807) is 20.8 Å². The topological polar surface area (TPSA) is 121 Å². The number of carbonyl (C=O) groups excluding carboxylic acids is 1. The highest BCUT2D eigenvalue weighted by Gasteiger charge is 2.30. The lowest BCUT2D eigenvalue weighted by atomic mass is 10.1. The molecule has 0 fully saturated rings. The number of anilines is 1. The largest absolute Gasteiger partial charge is 0.528 e. The molecule has 9 nitrogen and oxygen atoms in total. The van der Waals surface area contributed by atoms with Crippen LogP contribution in [0, 0.1) is 0 Å². The fourth-order valence-corrected chi connectivity index (χ4v) is 3.22. The smallest absolute Gasteiger partial charge is 0.480 e. The van der Waals surface area contributed by atoms with Gasteiger partial charge in [-0.15, -0.1) is 5.06 Å². The molecule has 0 radical (unpaired) electrons. The van der Waals surface area contributed by atoms with Gasteiger partial charge in [-0.25, -0.2) is 9.78 Å². The number of nitrogens with one attached hydrogen (secondary N) is 1. The molecule has 1 atom stereocenters. The molecule has 1 aromatic heterocycles. The summed E-state index contributed by atoms with van der Waals surface area (Å²) in [5.74, 6) is -0.224. The van der Waals surface area contributed by atoms with Gasteiger partial charge in [0.15, 0.2) is 0 Å².